The van der Waals surface area contributed by atoms with Crippen molar-refractivity contribution in [2.24, 2.45) is 0 Å². The average Bonchev–Trinajstić information content (AvgIpc) is 2.96. The number of carbonyl (C=O) groups is 1. The van der Waals surface area contributed by atoms with Crippen molar-refractivity contribution in [3.05, 3.63) is 125 Å². The highest BCUT2D eigenvalue weighted by Gasteiger charge is 2.12. The fourth-order valence-corrected chi connectivity index (χ4v) is 3.66. The molecule has 39 heavy (non-hydrogen) atoms. The van der Waals surface area contributed by atoms with Crippen molar-refractivity contribution in [1.29, 1.82) is 5.26 Å². The number of halogens is 1. The molecule has 0 aliphatic rings. The van der Waals surface area contributed by atoms with Crippen LogP contribution in [0.4, 0.5) is 10.1 Å². The minimum atomic E-state index is -0.548. The van der Waals surface area contributed by atoms with E-state index in [0.29, 0.717) is 47.3 Å². The van der Waals surface area contributed by atoms with Gasteiger partial charge >= 0.3 is 0 Å². The molecule has 0 radical (unpaired) electrons. The Bertz CT molecular complexity index is 1480. The number of nitriles is 1. The summed E-state index contributed by atoms with van der Waals surface area (Å²) >= 11 is 0. The summed E-state index contributed by atoms with van der Waals surface area (Å²) in [6.07, 6.45) is 1.47. The zero-order chi connectivity index (χ0) is 27.5. The Labute approximate surface area is 226 Å². The quantitative estimate of drug-likeness (QED) is 0.171. The van der Waals surface area contributed by atoms with Crippen molar-refractivity contribution in [3.63, 3.8) is 0 Å². The van der Waals surface area contributed by atoms with E-state index in [0.717, 1.165) is 5.56 Å². The summed E-state index contributed by atoms with van der Waals surface area (Å²) in [5.41, 5.74) is 2.49. The highest BCUT2D eigenvalue weighted by atomic mass is 19.1. The largest absolute Gasteiger partial charge is 0.490 e. The van der Waals surface area contributed by atoms with Crippen LogP contribution < -0.4 is 19.5 Å². The zero-order valence-electron chi connectivity index (χ0n) is 21.4. The molecule has 0 atom stereocenters. The molecule has 0 saturated carbocycles. The van der Waals surface area contributed by atoms with Crippen LogP contribution >= 0.6 is 0 Å². The Hall–Kier alpha value is -5.09. The van der Waals surface area contributed by atoms with Gasteiger partial charge in [0.2, 0.25) is 0 Å². The van der Waals surface area contributed by atoms with Gasteiger partial charge in [0.15, 0.2) is 11.5 Å². The SMILES string of the molecule is CCOc1cc(/C=C(\C#N)C(=O)Nc2ccc(OCc3ccccc3)cc2)ccc1OCc1ccccc1F. The molecule has 0 heterocycles. The van der Waals surface area contributed by atoms with Gasteiger partial charge in [-0.15, -0.1) is 0 Å². The van der Waals surface area contributed by atoms with E-state index in [4.69, 9.17) is 14.2 Å². The molecule has 0 aromatic heterocycles. The molecule has 0 spiro atoms. The van der Waals surface area contributed by atoms with Crippen molar-refractivity contribution in [2.75, 3.05) is 11.9 Å². The Morgan fingerprint density at radius 2 is 1.62 bits per heavy atom. The van der Waals surface area contributed by atoms with E-state index in [-0.39, 0.29) is 18.0 Å². The van der Waals surface area contributed by atoms with Crippen molar-refractivity contribution >= 4 is 17.7 Å². The maximum atomic E-state index is 13.9. The fraction of sp³-hybridized carbons (Fsp3) is 0.125. The third kappa shape index (κ3) is 7.70. The molecule has 0 aliphatic carbocycles. The molecule has 4 aromatic carbocycles. The van der Waals surface area contributed by atoms with Crippen molar-refractivity contribution in [2.45, 2.75) is 20.1 Å². The first kappa shape index (κ1) is 27.0. The summed E-state index contributed by atoms with van der Waals surface area (Å²) < 4.78 is 31.2. The number of hydrogen-bond acceptors (Lipinski definition) is 5. The summed E-state index contributed by atoms with van der Waals surface area (Å²) in [6.45, 7) is 2.67. The Morgan fingerprint density at radius 1 is 0.872 bits per heavy atom. The maximum absolute atomic E-state index is 13.9. The second kappa shape index (κ2) is 13.5. The van der Waals surface area contributed by atoms with Crippen molar-refractivity contribution in [3.8, 4) is 23.3 Å². The minimum absolute atomic E-state index is 0.0316. The summed E-state index contributed by atoms with van der Waals surface area (Å²) in [6, 6.07) is 30.1. The smallest absolute Gasteiger partial charge is 0.266 e. The van der Waals surface area contributed by atoms with Crippen LogP contribution in [0.3, 0.4) is 0 Å². The molecule has 7 heteroatoms. The lowest BCUT2D eigenvalue weighted by atomic mass is 10.1. The van der Waals surface area contributed by atoms with E-state index in [1.165, 1.54) is 12.1 Å². The first-order valence-corrected chi connectivity index (χ1v) is 12.4. The van der Waals surface area contributed by atoms with Crippen LogP contribution in [0, 0.1) is 17.1 Å². The summed E-state index contributed by atoms with van der Waals surface area (Å²) in [5.74, 6) is 0.608. The molecule has 0 saturated heterocycles. The number of nitrogens with one attached hydrogen (secondary N) is 1. The zero-order valence-corrected chi connectivity index (χ0v) is 21.4. The molecule has 0 bridgehead atoms. The Morgan fingerprint density at radius 3 is 2.33 bits per heavy atom. The fourth-order valence-electron chi connectivity index (χ4n) is 3.66. The average molecular weight is 523 g/mol. The predicted octanol–water partition coefficient (Wildman–Crippen LogP) is 6.93. The van der Waals surface area contributed by atoms with E-state index >= 15 is 0 Å². The molecule has 4 aromatic rings. The van der Waals surface area contributed by atoms with Gasteiger partial charge in [0, 0.05) is 11.3 Å². The predicted molar refractivity (Wildman–Crippen MR) is 148 cm³/mol. The number of rotatable bonds is 11. The lowest BCUT2D eigenvalue weighted by Crippen LogP contribution is -2.13. The topological polar surface area (TPSA) is 80.6 Å². The Kier molecular flexibility index (Phi) is 9.30. The normalized spacial score (nSPS) is 10.8. The molecule has 1 N–H and O–H groups in total. The van der Waals surface area contributed by atoms with Crippen LogP contribution in [0.5, 0.6) is 17.2 Å². The van der Waals surface area contributed by atoms with E-state index < -0.39 is 5.91 Å². The van der Waals surface area contributed by atoms with E-state index in [1.54, 1.807) is 60.7 Å². The molecule has 0 fully saturated rings. The van der Waals surface area contributed by atoms with Crippen LogP contribution in [0.2, 0.25) is 0 Å². The van der Waals surface area contributed by atoms with E-state index in [9.17, 15) is 14.4 Å². The highest BCUT2D eigenvalue weighted by molar-refractivity contribution is 6.09. The Balaban J connectivity index is 1.41. The van der Waals surface area contributed by atoms with Crippen LogP contribution in [-0.4, -0.2) is 12.5 Å². The molecule has 6 nitrogen and oxygen atoms in total. The number of hydrogen-bond donors (Lipinski definition) is 1. The van der Waals surface area contributed by atoms with Crippen molar-refractivity contribution < 1.29 is 23.4 Å². The van der Waals surface area contributed by atoms with Gasteiger partial charge in [0.05, 0.1) is 6.61 Å². The van der Waals surface area contributed by atoms with Gasteiger partial charge in [0.1, 0.15) is 36.4 Å². The van der Waals surface area contributed by atoms with Crippen LogP contribution in [0.1, 0.15) is 23.6 Å². The molecule has 0 unspecified atom stereocenters. The number of amides is 1. The molecule has 0 aliphatic heterocycles. The number of benzene rings is 4. The molecular formula is C32H27FN2O4. The summed E-state index contributed by atoms with van der Waals surface area (Å²) in [7, 11) is 0. The van der Waals surface area contributed by atoms with Gasteiger partial charge in [-0.25, -0.2) is 4.39 Å². The number of anilines is 1. The lowest BCUT2D eigenvalue weighted by Gasteiger charge is -2.13. The summed E-state index contributed by atoms with van der Waals surface area (Å²) in [5, 5.41) is 12.4. The van der Waals surface area contributed by atoms with Gasteiger partial charge in [0.25, 0.3) is 5.91 Å². The lowest BCUT2D eigenvalue weighted by molar-refractivity contribution is -0.112. The van der Waals surface area contributed by atoms with E-state index in [2.05, 4.69) is 5.32 Å². The van der Waals surface area contributed by atoms with Gasteiger partial charge in [-0.3, -0.25) is 4.79 Å². The second-order valence-electron chi connectivity index (χ2n) is 8.44. The number of nitrogens with zero attached hydrogens (tertiary/aromatic N) is 1. The van der Waals surface area contributed by atoms with Crippen molar-refractivity contribution in [1.82, 2.24) is 0 Å². The molecule has 4 rings (SSSR count). The van der Waals surface area contributed by atoms with Crippen LogP contribution in [-0.2, 0) is 18.0 Å². The summed E-state index contributed by atoms with van der Waals surface area (Å²) in [4.78, 5) is 12.8. The minimum Gasteiger partial charge on any atom is -0.490 e. The highest BCUT2D eigenvalue weighted by Crippen LogP contribution is 2.30. The van der Waals surface area contributed by atoms with Gasteiger partial charge in [-0.2, -0.15) is 5.26 Å². The standard InChI is InChI=1S/C32H27FN2O4/c1-2-37-31-19-24(12-17-30(31)39-22-25-10-6-7-11-29(25)33)18-26(20-34)32(36)35-27-13-15-28(16-14-27)38-21-23-8-4-3-5-9-23/h3-19H,2,21-22H2,1H3,(H,35,36)/b26-18+. The first-order chi connectivity index (χ1) is 19.1. The second-order valence-corrected chi connectivity index (χ2v) is 8.44. The van der Waals surface area contributed by atoms with Gasteiger partial charge in [-0.05, 0) is 66.6 Å². The van der Waals surface area contributed by atoms with E-state index in [1.807, 2.05) is 43.3 Å². The maximum Gasteiger partial charge on any atom is 0.266 e. The molecule has 1 amide bonds. The molecule has 196 valence electrons. The van der Waals surface area contributed by atoms with Crippen LogP contribution in [0.25, 0.3) is 6.08 Å². The number of ether oxygens (including phenoxy) is 3. The molecular weight excluding hydrogens is 495 g/mol. The van der Waals surface area contributed by atoms with Crippen LogP contribution in [0.15, 0.2) is 103 Å². The first-order valence-electron chi connectivity index (χ1n) is 12.4. The third-order valence-corrected chi connectivity index (χ3v) is 5.65. The number of carbonyl (C=O) groups excluding carboxylic acids is 1. The van der Waals surface area contributed by atoms with Gasteiger partial charge < -0.3 is 19.5 Å². The third-order valence-electron chi connectivity index (χ3n) is 5.65. The monoisotopic (exact) mass is 522 g/mol. The van der Waals surface area contributed by atoms with Gasteiger partial charge in [-0.1, -0.05) is 54.6 Å².